The zero-order valence-electron chi connectivity index (χ0n) is 11.3. The summed E-state index contributed by atoms with van der Waals surface area (Å²) in [7, 11) is 0. The fourth-order valence-electron chi connectivity index (χ4n) is 2.73. The van der Waals surface area contributed by atoms with Crippen LogP contribution >= 0.6 is 0 Å². The van der Waals surface area contributed by atoms with E-state index in [1.54, 1.807) is 12.4 Å². The van der Waals surface area contributed by atoms with Crippen molar-refractivity contribution in [3.05, 3.63) is 24.3 Å². The van der Waals surface area contributed by atoms with Gasteiger partial charge in [-0.15, -0.1) is 0 Å². The van der Waals surface area contributed by atoms with E-state index in [0.29, 0.717) is 5.92 Å². The van der Waals surface area contributed by atoms with Crippen LogP contribution in [0.5, 0.6) is 0 Å². The van der Waals surface area contributed by atoms with Gasteiger partial charge in [0.05, 0.1) is 11.7 Å². The molecule has 1 aliphatic heterocycles. The highest BCUT2D eigenvalue weighted by Gasteiger charge is 2.25. The van der Waals surface area contributed by atoms with Gasteiger partial charge in [-0.1, -0.05) is 0 Å². The van der Waals surface area contributed by atoms with E-state index < -0.39 is 5.97 Å². The Morgan fingerprint density at radius 1 is 1.58 bits per heavy atom. The smallest absolute Gasteiger partial charge is 0.303 e. The lowest BCUT2D eigenvalue weighted by Gasteiger charge is -2.36. The molecule has 1 aromatic heterocycles. The second-order valence-electron chi connectivity index (χ2n) is 5.24. The second kappa shape index (κ2) is 6.61. The van der Waals surface area contributed by atoms with Gasteiger partial charge in [-0.25, -0.2) is 0 Å². The van der Waals surface area contributed by atoms with Crippen LogP contribution in [-0.2, 0) is 4.79 Å². The maximum Gasteiger partial charge on any atom is 0.303 e. The third-order valence-corrected chi connectivity index (χ3v) is 3.88. The summed E-state index contributed by atoms with van der Waals surface area (Å²) in [5.74, 6) is -0.205. The molecule has 2 heterocycles. The van der Waals surface area contributed by atoms with Crippen LogP contribution in [0.25, 0.3) is 0 Å². The number of hydrogen-bond donors (Lipinski definition) is 1. The lowest BCUT2D eigenvalue weighted by Crippen LogP contribution is -2.37. The number of hydrogen-bond acceptors (Lipinski definition) is 4. The number of rotatable bonds is 5. The molecule has 19 heavy (non-hydrogen) atoms. The molecular weight excluding hydrogens is 242 g/mol. The molecule has 2 atom stereocenters. The Morgan fingerprint density at radius 2 is 2.42 bits per heavy atom. The molecule has 1 saturated heterocycles. The summed E-state index contributed by atoms with van der Waals surface area (Å²) in [6, 6.07) is 0.251. The fraction of sp³-hybridized carbons (Fsp3) is 0.643. The minimum atomic E-state index is -0.695. The molecular formula is C14H21N3O2. The Balaban J connectivity index is 1.91. The predicted octanol–water partition coefficient (Wildman–Crippen LogP) is 2.11. The van der Waals surface area contributed by atoms with Crippen molar-refractivity contribution < 1.29 is 9.90 Å². The number of aromatic nitrogens is 2. The standard InChI is InChI=1S/C14H21N3O2/c1-11(13-9-15-6-7-16-13)17-8-2-3-12(10-17)4-5-14(18)19/h6-7,9,11-12H,2-5,8,10H2,1H3,(H,18,19). The van der Waals surface area contributed by atoms with Crippen molar-refractivity contribution in [2.45, 2.75) is 38.6 Å². The molecule has 1 aliphatic rings. The number of carboxylic acid groups (broad SMARTS) is 1. The summed E-state index contributed by atoms with van der Waals surface area (Å²) in [4.78, 5) is 21.5. The molecule has 0 aromatic carbocycles. The molecule has 0 aliphatic carbocycles. The summed E-state index contributed by atoms with van der Waals surface area (Å²) < 4.78 is 0. The van der Waals surface area contributed by atoms with Crippen molar-refractivity contribution in [1.82, 2.24) is 14.9 Å². The van der Waals surface area contributed by atoms with Crippen molar-refractivity contribution >= 4 is 5.97 Å². The van der Waals surface area contributed by atoms with Crippen molar-refractivity contribution in [3.63, 3.8) is 0 Å². The Kier molecular flexibility index (Phi) is 4.85. The molecule has 0 saturated carbocycles. The number of nitrogens with zero attached hydrogens (tertiary/aromatic N) is 3. The Hall–Kier alpha value is -1.49. The van der Waals surface area contributed by atoms with Gasteiger partial charge in [-0.2, -0.15) is 0 Å². The highest BCUT2D eigenvalue weighted by molar-refractivity contribution is 5.66. The first kappa shape index (κ1) is 13.9. The Labute approximate surface area is 113 Å². The van der Waals surface area contributed by atoms with E-state index in [0.717, 1.165) is 38.0 Å². The van der Waals surface area contributed by atoms with Gasteiger partial charge in [0.1, 0.15) is 0 Å². The molecule has 1 fully saturated rings. The molecule has 1 N–H and O–H groups in total. The van der Waals surface area contributed by atoms with E-state index in [1.807, 2.05) is 6.20 Å². The molecule has 0 amide bonds. The summed E-state index contributed by atoms with van der Waals surface area (Å²) in [6.07, 6.45) is 8.54. The monoisotopic (exact) mass is 263 g/mol. The van der Waals surface area contributed by atoms with E-state index in [9.17, 15) is 4.79 Å². The van der Waals surface area contributed by atoms with Crippen LogP contribution in [0.3, 0.4) is 0 Å². The highest BCUT2D eigenvalue weighted by Crippen LogP contribution is 2.27. The summed E-state index contributed by atoms with van der Waals surface area (Å²) in [5.41, 5.74) is 0.987. The average molecular weight is 263 g/mol. The zero-order chi connectivity index (χ0) is 13.7. The van der Waals surface area contributed by atoms with E-state index >= 15 is 0 Å². The SMILES string of the molecule is CC(c1cnccn1)N1CCCC(CCC(=O)O)C1. The normalized spacial score (nSPS) is 22.1. The fourth-order valence-corrected chi connectivity index (χ4v) is 2.73. The largest absolute Gasteiger partial charge is 0.481 e. The van der Waals surface area contributed by atoms with Crippen molar-refractivity contribution in [3.8, 4) is 0 Å². The van der Waals surface area contributed by atoms with Gasteiger partial charge in [-0.3, -0.25) is 19.7 Å². The van der Waals surface area contributed by atoms with Crippen LogP contribution in [0, 0.1) is 5.92 Å². The number of piperidine rings is 1. The molecule has 2 rings (SSSR count). The maximum atomic E-state index is 10.6. The number of carbonyl (C=O) groups is 1. The van der Waals surface area contributed by atoms with Gasteiger partial charge in [0, 0.05) is 31.6 Å². The van der Waals surface area contributed by atoms with E-state index in [4.69, 9.17) is 5.11 Å². The molecule has 5 heteroatoms. The average Bonchev–Trinajstić information content (AvgIpc) is 2.45. The molecule has 104 valence electrons. The molecule has 5 nitrogen and oxygen atoms in total. The lowest BCUT2D eigenvalue weighted by molar-refractivity contribution is -0.137. The lowest BCUT2D eigenvalue weighted by atomic mass is 9.92. The maximum absolute atomic E-state index is 10.6. The highest BCUT2D eigenvalue weighted by atomic mass is 16.4. The van der Waals surface area contributed by atoms with E-state index in [-0.39, 0.29) is 12.5 Å². The van der Waals surface area contributed by atoms with Gasteiger partial charge in [0.25, 0.3) is 0 Å². The van der Waals surface area contributed by atoms with Gasteiger partial charge in [0.15, 0.2) is 0 Å². The van der Waals surface area contributed by atoms with Crippen molar-refractivity contribution in [2.24, 2.45) is 5.92 Å². The van der Waals surface area contributed by atoms with Gasteiger partial charge in [0.2, 0.25) is 0 Å². The minimum absolute atomic E-state index is 0.251. The third-order valence-electron chi connectivity index (χ3n) is 3.88. The van der Waals surface area contributed by atoms with E-state index in [2.05, 4.69) is 21.8 Å². The first-order chi connectivity index (χ1) is 9.16. The minimum Gasteiger partial charge on any atom is -0.481 e. The third kappa shape index (κ3) is 3.99. The summed E-state index contributed by atoms with van der Waals surface area (Å²) in [5, 5.41) is 8.77. The number of likely N-dealkylation sites (tertiary alicyclic amines) is 1. The number of aliphatic carboxylic acids is 1. The molecule has 0 radical (unpaired) electrons. The number of carboxylic acids is 1. The molecule has 0 spiro atoms. The Morgan fingerprint density at radius 3 is 3.11 bits per heavy atom. The van der Waals surface area contributed by atoms with E-state index in [1.165, 1.54) is 0 Å². The van der Waals surface area contributed by atoms with Crippen molar-refractivity contribution in [2.75, 3.05) is 13.1 Å². The van der Waals surface area contributed by atoms with Crippen molar-refractivity contribution in [1.29, 1.82) is 0 Å². The van der Waals surface area contributed by atoms with Crippen LogP contribution in [-0.4, -0.2) is 39.0 Å². The topological polar surface area (TPSA) is 66.3 Å². The first-order valence-corrected chi connectivity index (χ1v) is 6.88. The van der Waals surface area contributed by atoms with Crippen LogP contribution in [0.4, 0.5) is 0 Å². The first-order valence-electron chi connectivity index (χ1n) is 6.88. The zero-order valence-corrected chi connectivity index (χ0v) is 11.3. The molecule has 1 aromatic rings. The van der Waals surface area contributed by atoms with Crippen LogP contribution < -0.4 is 0 Å². The summed E-state index contributed by atoms with van der Waals surface area (Å²) in [6.45, 7) is 4.16. The van der Waals surface area contributed by atoms with Crippen LogP contribution in [0.2, 0.25) is 0 Å². The van der Waals surface area contributed by atoms with Crippen LogP contribution in [0.1, 0.15) is 44.3 Å². The predicted molar refractivity (Wildman–Crippen MR) is 71.6 cm³/mol. The van der Waals surface area contributed by atoms with Gasteiger partial charge in [-0.05, 0) is 38.6 Å². The summed E-state index contributed by atoms with van der Waals surface area (Å²) >= 11 is 0. The molecule has 2 unspecified atom stereocenters. The van der Waals surface area contributed by atoms with Crippen LogP contribution in [0.15, 0.2) is 18.6 Å². The second-order valence-corrected chi connectivity index (χ2v) is 5.24. The Bertz CT molecular complexity index is 410. The quantitative estimate of drug-likeness (QED) is 0.881. The van der Waals surface area contributed by atoms with Gasteiger partial charge >= 0.3 is 5.97 Å². The van der Waals surface area contributed by atoms with Gasteiger partial charge < -0.3 is 5.11 Å². The molecule has 0 bridgehead atoms.